The molecule has 0 aliphatic heterocycles. The molecule has 0 aliphatic rings. The number of para-hydroxylation sites is 1. The molecule has 1 N–H and O–H groups in total. The number of anilines is 1. The topological polar surface area (TPSA) is 78.3 Å². The molecule has 0 saturated heterocycles. The first-order chi connectivity index (χ1) is 15.6. The van der Waals surface area contributed by atoms with Gasteiger partial charge in [-0.15, -0.1) is 11.8 Å². The summed E-state index contributed by atoms with van der Waals surface area (Å²) >= 11 is 3.14. The summed E-state index contributed by atoms with van der Waals surface area (Å²) in [7, 11) is 1.64. The zero-order valence-corrected chi connectivity index (χ0v) is 19.8. The molecule has 2 heterocycles. The lowest BCUT2D eigenvalue weighted by atomic mass is 10.3. The minimum atomic E-state index is -0.0664. The van der Waals surface area contributed by atoms with E-state index in [1.54, 1.807) is 23.6 Å². The molecule has 2 aromatic heterocycles. The molecule has 0 unspecified atom stereocenters. The van der Waals surface area contributed by atoms with E-state index >= 15 is 0 Å². The van der Waals surface area contributed by atoms with Crippen LogP contribution >= 0.6 is 23.1 Å². The van der Waals surface area contributed by atoms with Crippen molar-refractivity contribution in [2.75, 3.05) is 24.8 Å². The zero-order valence-electron chi connectivity index (χ0n) is 18.1. The van der Waals surface area contributed by atoms with E-state index in [-0.39, 0.29) is 5.91 Å². The number of amides is 1. The Kier molecular flexibility index (Phi) is 6.96. The molecule has 0 saturated carbocycles. The van der Waals surface area contributed by atoms with E-state index < -0.39 is 0 Å². The molecule has 4 aromatic rings. The van der Waals surface area contributed by atoms with Gasteiger partial charge in [-0.2, -0.15) is 9.78 Å². The number of hydrogen-bond acceptors (Lipinski definition) is 7. The molecule has 4 rings (SSSR count). The number of benzene rings is 2. The van der Waals surface area contributed by atoms with E-state index in [1.165, 1.54) is 11.3 Å². The molecule has 0 bridgehead atoms. The largest absolute Gasteiger partial charge is 0.497 e. The number of aromatic nitrogens is 3. The lowest BCUT2D eigenvalue weighted by Crippen LogP contribution is -2.15. The monoisotopic (exact) mass is 468 g/mol. The highest BCUT2D eigenvalue weighted by Crippen LogP contribution is 2.32. The highest BCUT2D eigenvalue weighted by atomic mass is 32.2. The number of carbonyl (C=O) groups excluding carboxylic acids is 1. The fraction of sp³-hybridized carbons (Fsp3) is 0.261. The first kappa shape index (κ1) is 22.2. The van der Waals surface area contributed by atoms with Crippen LogP contribution in [0.5, 0.6) is 11.5 Å². The van der Waals surface area contributed by atoms with Crippen molar-refractivity contribution in [2.24, 2.45) is 0 Å². The normalized spacial score (nSPS) is 11.0. The van der Waals surface area contributed by atoms with Crippen LogP contribution in [0.2, 0.25) is 0 Å². The molecule has 166 valence electrons. The fourth-order valence-corrected chi connectivity index (χ4v) is 4.95. The maximum Gasteiger partial charge on any atom is 0.226 e. The SMILES string of the molecule is CCOc1cccc2sc(-n3nc(C)cc3NC(=O)CCSc3ccc(OC)cc3)nc12. The van der Waals surface area contributed by atoms with Gasteiger partial charge in [-0.1, -0.05) is 17.4 Å². The number of nitrogens with one attached hydrogen (secondary N) is 1. The Morgan fingerprint density at radius 2 is 2.03 bits per heavy atom. The van der Waals surface area contributed by atoms with Gasteiger partial charge in [0.1, 0.15) is 22.8 Å². The lowest BCUT2D eigenvalue weighted by molar-refractivity contribution is -0.115. The third-order valence-corrected chi connectivity index (χ3v) is 6.62. The predicted molar refractivity (Wildman–Crippen MR) is 130 cm³/mol. The Balaban J connectivity index is 1.44. The average Bonchev–Trinajstić information content (AvgIpc) is 3.38. The Labute approximate surface area is 194 Å². The van der Waals surface area contributed by atoms with Crippen molar-refractivity contribution in [3.8, 4) is 16.6 Å². The summed E-state index contributed by atoms with van der Waals surface area (Å²) in [5.74, 6) is 2.78. The first-order valence-electron chi connectivity index (χ1n) is 10.2. The van der Waals surface area contributed by atoms with Gasteiger partial charge in [0, 0.05) is 23.1 Å². The van der Waals surface area contributed by atoms with Crippen molar-refractivity contribution in [1.29, 1.82) is 0 Å². The second-order valence-electron chi connectivity index (χ2n) is 6.94. The van der Waals surface area contributed by atoms with Gasteiger partial charge in [0.2, 0.25) is 11.0 Å². The summed E-state index contributed by atoms with van der Waals surface area (Å²) in [6, 6.07) is 15.5. The molecule has 9 heteroatoms. The van der Waals surface area contributed by atoms with Crippen molar-refractivity contribution in [3.63, 3.8) is 0 Å². The number of thiazole rings is 1. The number of fused-ring (bicyclic) bond motifs is 1. The van der Waals surface area contributed by atoms with Crippen LogP contribution in [-0.2, 0) is 4.79 Å². The highest BCUT2D eigenvalue weighted by molar-refractivity contribution is 7.99. The van der Waals surface area contributed by atoms with Crippen LogP contribution in [0.25, 0.3) is 15.3 Å². The van der Waals surface area contributed by atoms with E-state index in [0.717, 1.165) is 32.3 Å². The second kappa shape index (κ2) is 10.1. The Morgan fingerprint density at radius 3 is 2.78 bits per heavy atom. The number of thioether (sulfide) groups is 1. The number of hydrogen-bond donors (Lipinski definition) is 1. The minimum Gasteiger partial charge on any atom is -0.497 e. The van der Waals surface area contributed by atoms with E-state index in [2.05, 4.69) is 10.4 Å². The molecule has 32 heavy (non-hydrogen) atoms. The Bertz CT molecular complexity index is 1220. The first-order valence-corrected chi connectivity index (χ1v) is 12.0. The maximum absolute atomic E-state index is 12.6. The van der Waals surface area contributed by atoms with Gasteiger partial charge in [-0.05, 0) is 50.2 Å². The third kappa shape index (κ3) is 5.05. The number of aryl methyl sites for hydroxylation is 1. The van der Waals surface area contributed by atoms with Crippen LogP contribution in [0.4, 0.5) is 5.82 Å². The molecular weight excluding hydrogens is 444 g/mol. The number of rotatable bonds is 9. The number of nitrogens with zero attached hydrogens (tertiary/aromatic N) is 3. The van der Waals surface area contributed by atoms with Crippen molar-refractivity contribution < 1.29 is 14.3 Å². The summed E-state index contributed by atoms with van der Waals surface area (Å²) in [5.41, 5.74) is 1.60. The van der Waals surface area contributed by atoms with Gasteiger partial charge in [0.25, 0.3) is 0 Å². The van der Waals surface area contributed by atoms with Crippen LogP contribution in [-0.4, -0.2) is 40.1 Å². The molecule has 0 aliphatic carbocycles. The van der Waals surface area contributed by atoms with Gasteiger partial charge in [-0.3, -0.25) is 4.79 Å². The van der Waals surface area contributed by atoms with Gasteiger partial charge < -0.3 is 14.8 Å². The Morgan fingerprint density at radius 1 is 1.22 bits per heavy atom. The third-order valence-electron chi connectivity index (χ3n) is 4.61. The van der Waals surface area contributed by atoms with E-state index in [4.69, 9.17) is 14.5 Å². The van der Waals surface area contributed by atoms with Crippen LogP contribution in [0.1, 0.15) is 19.0 Å². The van der Waals surface area contributed by atoms with E-state index in [0.29, 0.717) is 29.7 Å². The summed E-state index contributed by atoms with van der Waals surface area (Å²) in [4.78, 5) is 18.4. The van der Waals surface area contributed by atoms with Gasteiger partial charge in [0.05, 0.1) is 24.1 Å². The average molecular weight is 469 g/mol. The standard InChI is InChI=1S/C23H24N4O3S2/c1-4-30-18-6-5-7-19-22(18)25-23(32-19)27-20(14-15(2)26-27)24-21(28)12-13-31-17-10-8-16(29-3)9-11-17/h5-11,14H,4,12-13H2,1-3H3,(H,24,28). The Hall–Kier alpha value is -3.04. The molecule has 0 fully saturated rings. The zero-order chi connectivity index (χ0) is 22.5. The lowest BCUT2D eigenvalue weighted by Gasteiger charge is -2.07. The number of methoxy groups -OCH3 is 1. The molecule has 0 spiro atoms. The minimum absolute atomic E-state index is 0.0664. The highest BCUT2D eigenvalue weighted by Gasteiger charge is 2.16. The maximum atomic E-state index is 12.6. The second-order valence-corrected chi connectivity index (χ2v) is 9.11. The number of ether oxygens (including phenoxy) is 2. The summed E-state index contributed by atoms with van der Waals surface area (Å²) in [6.07, 6.45) is 0.384. The van der Waals surface area contributed by atoms with Crippen molar-refractivity contribution in [3.05, 3.63) is 54.2 Å². The summed E-state index contributed by atoms with van der Waals surface area (Å²) in [5, 5.41) is 8.21. The summed E-state index contributed by atoms with van der Waals surface area (Å²) in [6.45, 7) is 4.41. The fourth-order valence-electron chi connectivity index (χ4n) is 3.15. The van der Waals surface area contributed by atoms with E-state index in [9.17, 15) is 4.79 Å². The molecule has 2 aromatic carbocycles. The van der Waals surface area contributed by atoms with E-state index in [1.807, 2.05) is 62.4 Å². The molecule has 7 nitrogen and oxygen atoms in total. The van der Waals surface area contributed by atoms with Crippen molar-refractivity contribution in [1.82, 2.24) is 14.8 Å². The number of carbonyl (C=O) groups is 1. The van der Waals surface area contributed by atoms with Crippen molar-refractivity contribution >= 4 is 45.0 Å². The summed E-state index contributed by atoms with van der Waals surface area (Å²) < 4.78 is 13.6. The van der Waals surface area contributed by atoms with Crippen LogP contribution in [0.15, 0.2) is 53.4 Å². The van der Waals surface area contributed by atoms with Gasteiger partial charge in [-0.25, -0.2) is 4.98 Å². The molecule has 0 atom stereocenters. The van der Waals surface area contributed by atoms with Gasteiger partial charge in [0.15, 0.2) is 0 Å². The van der Waals surface area contributed by atoms with Crippen LogP contribution in [0, 0.1) is 6.92 Å². The van der Waals surface area contributed by atoms with Crippen LogP contribution < -0.4 is 14.8 Å². The molecule has 0 radical (unpaired) electrons. The molecule has 1 amide bonds. The van der Waals surface area contributed by atoms with Gasteiger partial charge >= 0.3 is 0 Å². The predicted octanol–water partition coefficient (Wildman–Crippen LogP) is 5.32. The smallest absolute Gasteiger partial charge is 0.226 e. The molecular formula is C23H24N4O3S2. The van der Waals surface area contributed by atoms with Crippen LogP contribution in [0.3, 0.4) is 0 Å². The quantitative estimate of drug-likeness (QED) is 0.335. The van der Waals surface area contributed by atoms with Crippen molar-refractivity contribution in [2.45, 2.75) is 25.2 Å².